The molecule has 0 bridgehead atoms. The number of hydrogen-bond acceptors (Lipinski definition) is 5. The molecule has 0 saturated heterocycles. The molecule has 1 rings (SSSR count). The number of amides is 2. The Labute approximate surface area is 84.3 Å². The van der Waals surface area contributed by atoms with Crippen molar-refractivity contribution in [2.45, 2.75) is 0 Å². The van der Waals surface area contributed by atoms with Crippen LogP contribution in [0.2, 0.25) is 0 Å². The van der Waals surface area contributed by atoms with Gasteiger partial charge in [-0.3, -0.25) is 5.32 Å². The molecule has 6 nitrogen and oxygen atoms in total. The number of thiazole rings is 1. The molecule has 1 aromatic rings. The topological polar surface area (TPSA) is 74.7 Å². The monoisotopic (exact) mass is 222 g/mol. The first-order chi connectivity index (χ1) is 5.74. The molecule has 0 aliphatic heterocycles. The maximum Gasteiger partial charge on any atom is 0.346 e. The zero-order valence-corrected chi connectivity index (χ0v) is 8.26. The second-order valence-electron chi connectivity index (χ2n) is 1.87. The Bertz CT molecular complexity index is 278. The predicted octanol–water partition coefficient (Wildman–Crippen LogP) is 1.71. The van der Waals surface area contributed by atoms with Crippen LogP contribution in [-0.2, 0) is 0 Å². The second-order valence-corrected chi connectivity index (χ2v) is 2.77. The third-order valence-electron chi connectivity index (χ3n) is 1.06. The van der Waals surface area contributed by atoms with Crippen LogP contribution in [0.25, 0.3) is 0 Å². The van der Waals surface area contributed by atoms with Gasteiger partial charge in [0.05, 0.1) is 5.29 Å². The summed E-state index contributed by atoms with van der Waals surface area (Å²) in [7, 11) is 1.26. The van der Waals surface area contributed by atoms with Gasteiger partial charge in [0, 0.05) is 18.6 Å². The lowest BCUT2D eigenvalue weighted by Gasteiger charge is -2.05. The number of carbonyl (C=O) groups is 1. The highest BCUT2D eigenvalue weighted by molar-refractivity contribution is 7.13. The summed E-state index contributed by atoms with van der Waals surface area (Å²) in [6, 6.07) is -0.597. The zero-order valence-electron chi connectivity index (χ0n) is 6.63. The Morgan fingerprint density at radius 2 is 2.46 bits per heavy atom. The van der Waals surface area contributed by atoms with Crippen molar-refractivity contribution in [3.63, 3.8) is 0 Å². The Morgan fingerprint density at radius 3 is 2.92 bits per heavy atom. The molecule has 2 amide bonds. The molecule has 1 aromatic heterocycles. The fraction of sp³-hybridized carbons (Fsp3) is 0.200. The molecule has 0 spiro atoms. The molecule has 0 aromatic carbocycles. The fourth-order valence-corrected chi connectivity index (χ4v) is 1.01. The number of anilines is 1. The van der Waals surface area contributed by atoms with E-state index >= 15 is 0 Å². The Kier molecular flexibility index (Phi) is 4.93. The third-order valence-corrected chi connectivity index (χ3v) is 1.75. The molecule has 13 heavy (non-hydrogen) atoms. The number of nitrogens with zero attached hydrogens (tertiary/aromatic N) is 3. The largest absolute Gasteiger partial charge is 0.346 e. The van der Waals surface area contributed by atoms with Gasteiger partial charge in [-0.05, 0) is 0 Å². The average Bonchev–Trinajstić information content (AvgIpc) is 2.55. The minimum atomic E-state index is -0.597. The molecule has 8 heteroatoms. The number of carbonyl (C=O) groups excluding carboxylic acids is 1. The minimum absolute atomic E-state index is 0. The number of nitrogens with one attached hydrogen (secondary N) is 1. The molecule has 1 heterocycles. The van der Waals surface area contributed by atoms with Gasteiger partial charge in [0.25, 0.3) is 0 Å². The van der Waals surface area contributed by atoms with Gasteiger partial charge in [0.1, 0.15) is 0 Å². The van der Waals surface area contributed by atoms with Crippen molar-refractivity contribution in [1.29, 1.82) is 0 Å². The molecule has 72 valence electrons. The van der Waals surface area contributed by atoms with Gasteiger partial charge in [0.2, 0.25) is 0 Å². The van der Waals surface area contributed by atoms with E-state index in [1.54, 1.807) is 11.6 Å². The molecule has 0 aliphatic carbocycles. The normalized spacial score (nSPS) is 8.38. The van der Waals surface area contributed by atoms with E-state index in [1.807, 2.05) is 0 Å². The lowest BCUT2D eigenvalue weighted by molar-refractivity contribution is 0.224. The fourth-order valence-electron chi connectivity index (χ4n) is 0.495. The molecule has 0 unspecified atom stereocenters. The number of aromatic nitrogens is 1. The summed E-state index contributed by atoms with van der Waals surface area (Å²) < 4.78 is 0. The van der Waals surface area contributed by atoms with E-state index in [4.69, 9.17) is 0 Å². The van der Waals surface area contributed by atoms with Crippen LogP contribution in [0.4, 0.5) is 9.93 Å². The van der Waals surface area contributed by atoms with Crippen molar-refractivity contribution in [2.24, 2.45) is 5.29 Å². The first-order valence-electron chi connectivity index (χ1n) is 3.01. The minimum Gasteiger partial charge on any atom is -0.282 e. The van der Waals surface area contributed by atoms with E-state index in [0.29, 0.717) is 10.1 Å². The van der Waals surface area contributed by atoms with E-state index in [9.17, 15) is 9.70 Å². The molecular weight excluding hydrogens is 216 g/mol. The number of urea groups is 1. The summed E-state index contributed by atoms with van der Waals surface area (Å²) in [5.74, 6) is 0. The highest BCUT2D eigenvalue weighted by atomic mass is 35.5. The Balaban J connectivity index is 0.00000144. The van der Waals surface area contributed by atoms with Crippen molar-refractivity contribution in [2.75, 3.05) is 12.4 Å². The lowest BCUT2D eigenvalue weighted by Crippen LogP contribution is -2.26. The second kappa shape index (κ2) is 5.44. The summed E-state index contributed by atoms with van der Waals surface area (Å²) in [5, 5.41) is 7.60. The quantitative estimate of drug-likeness (QED) is 0.612. The number of rotatable bonds is 2. The van der Waals surface area contributed by atoms with Crippen LogP contribution in [0.5, 0.6) is 0 Å². The molecule has 0 atom stereocenters. The van der Waals surface area contributed by atoms with Crippen molar-refractivity contribution < 1.29 is 4.79 Å². The number of halogens is 1. The molecule has 0 saturated carbocycles. The highest BCUT2D eigenvalue weighted by Gasteiger charge is 2.08. The first kappa shape index (κ1) is 11.8. The van der Waals surface area contributed by atoms with Crippen molar-refractivity contribution >= 4 is 34.9 Å². The van der Waals surface area contributed by atoms with Gasteiger partial charge in [-0.2, -0.15) is 5.01 Å². The smallest absolute Gasteiger partial charge is 0.282 e. The van der Waals surface area contributed by atoms with E-state index in [0.717, 1.165) is 0 Å². The van der Waals surface area contributed by atoms with Crippen LogP contribution in [0.1, 0.15) is 0 Å². The van der Waals surface area contributed by atoms with E-state index < -0.39 is 6.03 Å². The number of nitroso groups, excluding NO2 is 1. The van der Waals surface area contributed by atoms with Crippen LogP contribution in [0, 0.1) is 4.91 Å². The summed E-state index contributed by atoms with van der Waals surface area (Å²) in [5.41, 5.74) is 0. The predicted molar refractivity (Wildman–Crippen MR) is 51.9 cm³/mol. The van der Waals surface area contributed by atoms with Gasteiger partial charge in [0.15, 0.2) is 5.13 Å². The summed E-state index contributed by atoms with van der Waals surface area (Å²) in [6.45, 7) is 0. The maximum absolute atomic E-state index is 10.9. The first-order valence-corrected chi connectivity index (χ1v) is 3.89. The maximum atomic E-state index is 10.9. The molecule has 0 aliphatic rings. The average molecular weight is 223 g/mol. The third kappa shape index (κ3) is 3.34. The Hall–Kier alpha value is -1.21. The van der Waals surface area contributed by atoms with Crippen LogP contribution < -0.4 is 5.32 Å². The van der Waals surface area contributed by atoms with Crippen LogP contribution in [0.15, 0.2) is 16.9 Å². The summed E-state index contributed by atoms with van der Waals surface area (Å²) >= 11 is 1.27. The molecular formula is C5H7ClN4O2S. The standard InChI is InChI=1S/C5H6N4O2S.ClH/c1-9(8-11)5(10)7-4-6-2-3-12-4;/h2-3H,1H3,(H,6,7,10);1H. The SMILES string of the molecule is CN(N=O)C(=O)Nc1nccs1.Cl. The molecule has 0 radical (unpaired) electrons. The van der Waals surface area contributed by atoms with Crippen molar-refractivity contribution in [3.8, 4) is 0 Å². The lowest BCUT2D eigenvalue weighted by atomic mass is 10.9. The van der Waals surface area contributed by atoms with Crippen LogP contribution >= 0.6 is 23.7 Å². The van der Waals surface area contributed by atoms with E-state index in [2.05, 4.69) is 15.6 Å². The van der Waals surface area contributed by atoms with Crippen molar-refractivity contribution in [3.05, 3.63) is 16.5 Å². The number of hydrogen-bond donors (Lipinski definition) is 1. The van der Waals surface area contributed by atoms with Gasteiger partial charge in [-0.25, -0.2) is 9.78 Å². The van der Waals surface area contributed by atoms with Gasteiger partial charge in [-0.1, -0.05) is 0 Å². The van der Waals surface area contributed by atoms with Crippen molar-refractivity contribution in [1.82, 2.24) is 9.99 Å². The summed E-state index contributed by atoms with van der Waals surface area (Å²) in [6.07, 6.45) is 1.55. The van der Waals surface area contributed by atoms with E-state index in [1.165, 1.54) is 18.4 Å². The van der Waals surface area contributed by atoms with Gasteiger partial charge < -0.3 is 0 Å². The molecule has 0 fully saturated rings. The van der Waals surface area contributed by atoms with Crippen LogP contribution in [0.3, 0.4) is 0 Å². The zero-order chi connectivity index (χ0) is 8.97. The van der Waals surface area contributed by atoms with Gasteiger partial charge in [-0.15, -0.1) is 28.7 Å². The highest BCUT2D eigenvalue weighted by Crippen LogP contribution is 2.10. The summed E-state index contributed by atoms with van der Waals surface area (Å²) in [4.78, 5) is 24.6. The Morgan fingerprint density at radius 1 is 1.77 bits per heavy atom. The van der Waals surface area contributed by atoms with Gasteiger partial charge >= 0.3 is 6.03 Å². The van der Waals surface area contributed by atoms with Crippen LogP contribution in [-0.4, -0.2) is 23.1 Å². The van der Waals surface area contributed by atoms with E-state index in [-0.39, 0.29) is 12.4 Å². The molecule has 1 N–H and O–H groups in total.